The summed E-state index contributed by atoms with van der Waals surface area (Å²) in [6.45, 7) is 7.83. The summed E-state index contributed by atoms with van der Waals surface area (Å²) in [5, 5.41) is 13.6. The van der Waals surface area contributed by atoms with E-state index in [2.05, 4.69) is 11.2 Å². The number of fused-ring (bicyclic) bond motifs is 1. The normalized spacial score (nSPS) is 19.0. The third-order valence-corrected chi connectivity index (χ3v) is 6.03. The fraction of sp³-hybridized carbons (Fsp3) is 0.529. The van der Waals surface area contributed by atoms with Crippen LogP contribution >= 0.6 is 0 Å². The number of nitriles is 1. The fourth-order valence-corrected chi connectivity index (χ4v) is 3.49. The molecule has 1 fully saturated rings. The first-order valence-corrected chi connectivity index (χ1v) is 10.4. The van der Waals surface area contributed by atoms with Gasteiger partial charge in [-0.05, 0) is 39.7 Å². The smallest absolute Gasteiger partial charge is 0.399 e. The van der Waals surface area contributed by atoms with E-state index >= 15 is 0 Å². The lowest BCUT2D eigenvalue weighted by Gasteiger charge is -2.32. The molecule has 0 radical (unpaired) electrons. The third-order valence-electron chi connectivity index (χ3n) is 5.09. The van der Waals surface area contributed by atoms with Gasteiger partial charge < -0.3 is 9.31 Å². The summed E-state index contributed by atoms with van der Waals surface area (Å²) < 4.78 is 36.9. The Morgan fingerprint density at radius 3 is 2.42 bits per heavy atom. The van der Waals surface area contributed by atoms with E-state index in [9.17, 15) is 13.7 Å². The predicted octanol–water partition coefficient (Wildman–Crippen LogP) is 1.09. The Bertz CT molecular complexity index is 989. The minimum absolute atomic E-state index is 0.0354. The van der Waals surface area contributed by atoms with Gasteiger partial charge >= 0.3 is 7.12 Å². The average molecular weight is 375 g/mol. The molecule has 7 nitrogen and oxygen atoms in total. The number of aryl methyl sites for hydroxylation is 1. The summed E-state index contributed by atoms with van der Waals surface area (Å²) in [6.07, 6.45) is 4.80. The van der Waals surface area contributed by atoms with Crippen molar-refractivity contribution in [2.75, 3.05) is 12.0 Å². The zero-order valence-electron chi connectivity index (χ0n) is 15.6. The molecule has 2 aromatic rings. The number of hydrogen-bond donors (Lipinski definition) is 0. The standard InChI is InChI=1S/C17H22BN3O4S/c1-16(2)17(3,4)25-18(24-16)14-8-12(6-7-26(5,22)23)11-21-15(14)13(9-19)10-20-21/h8,10-11H,6-7H2,1-5H3. The molecule has 26 heavy (non-hydrogen) atoms. The number of sulfone groups is 1. The van der Waals surface area contributed by atoms with Crippen molar-refractivity contribution in [1.82, 2.24) is 9.61 Å². The van der Waals surface area contributed by atoms with Crippen LogP contribution in [0, 0.1) is 11.3 Å². The summed E-state index contributed by atoms with van der Waals surface area (Å²) in [5.74, 6) is 0.0354. The highest BCUT2D eigenvalue weighted by molar-refractivity contribution is 7.90. The molecule has 0 aromatic carbocycles. The molecule has 0 saturated carbocycles. The van der Waals surface area contributed by atoms with Crippen LogP contribution in [0.2, 0.25) is 0 Å². The lowest BCUT2D eigenvalue weighted by molar-refractivity contribution is 0.00578. The van der Waals surface area contributed by atoms with Crippen LogP contribution in [-0.2, 0) is 25.6 Å². The molecule has 0 amide bonds. The molecule has 9 heteroatoms. The highest BCUT2D eigenvalue weighted by Gasteiger charge is 2.52. The summed E-state index contributed by atoms with van der Waals surface area (Å²) in [5.41, 5.74) is 1.47. The minimum Gasteiger partial charge on any atom is -0.399 e. The van der Waals surface area contributed by atoms with E-state index in [1.807, 2.05) is 33.8 Å². The second-order valence-electron chi connectivity index (χ2n) is 7.74. The highest BCUT2D eigenvalue weighted by Crippen LogP contribution is 2.37. The van der Waals surface area contributed by atoms with Crippen LogP contribution in [0.1, 0.15) is 38.8 Å². The molecule has 3 heterocycles. The zero-order valence-corrected chi connectivity index (χ0v) is 16.4. The van der Waals surface area contributed by atoms with E-state index < -0.39 is 28.2 Å². The Hall–Kier alpha value is -1.89. The summed E-state index contributed by atoms with van der Waals surface area (Å²) in [4.78, 5) is 0. The molecule has 0 bridgehead atoms. The molecular formula is C17H22BN3O4S. The van der Waals surface area contributed by atoms with Crippen molar-refractivity contribution in [3.63, 3.8) is 0 Å². The monoisotopic (exact) mass is 375 g/mol. The van der Waals surface area contributed by atoms with Crippen LogP contribution in [0.5, 0.6) is 0 Å². The first-order valence-electron chi connectivity index (χ1n) is 8.37. The Morgan fingerprint density at radius 1 is 1.27 bits per heavy atom. The van der Waals surface area contributed by atoms with Crippen LogP contribution in [0.15, 0.2) is 18.5 Å². The van der Waals surface area contributed by atoms with E-state index in [0.29, 0.717) is 23.0 Å². The van der Waals surface area contributed by atoms with Crippen LogP contribution in [0.4, 0.5) is 0 Å². The molecule has 0 aliphatic carbocycles. The molecular weight excluding hydrogens is 353 g/mol. The van der Waals surface area contributed by atoms with Gasteiger partial charge in [-0.2, -0.15) is 10.4 Å². The molecule has 0 atom stereocenters. The summed E-state index contributed by atoms with van der Waals surface area (Å²) in [6, 6.07) is 3.99. The lowest BCUT2D eigenvalue weighted by atomic mass is 9.77. The Balaban J connectivity index is 2.10. The van der Waals surface area contributed by atoms with Gasteiger partial charge in [-0.25, -0.2) is 12.9 Å². The zero-order chi connectivity index (χ0) is 19.3. The Labute approximate surface area is 154 Å². The topological polar surface area (TPSA) is 93.7 Å². The van der Waals surface area contributed by atoms with E-state index in [1.54, 1.807) is 10.7 Å². The molecule has 0 spiro atoms. The van der Waals surface area contributed by atoms with Crippen LogP contribution in [0.25, 0.3) is 5.52 Å². The molecule has 1 saturated heterocycles. The Kier molecular flexibility index (Phi) is 4.42. The lowest BCUT2D eigenvalue weighted by Crippen LogP contribution is -2.41. The van der Waals surface area contributed by atoms with Crippen LogP contribution in [0.3, 0.4) is 0 Å². The number of rotatable bonds is 4. The molecule has 1 aliphatic rings. The van der Waals surface area contributed by atoms with Gasteiger partial charge in [0, 0.05) is 17.9 Å². The van der Waals surface area contributed by atoms with Crippen molar-refractivity contribution in [3.05, 3.63) is 29.6 Å². The Morgan fingerprint density at radius 2 is 1.88 bits per heavy atom. The highest BCUT2D eigenvalue weighted by atomic mass is 32.2. The predicted molar refractivity (Wildman–Crippen MR) is 99.0 cm³/mol. The van der Waals surface area contributed by atoms with E-state index in [1.165, 1.54) is 12.5 Å². The van der Waals surface area contributed by atoms with Crippen molar-refractivity contribution in [2.24, 2.45) is 0 Å². The minimum atomic E-state index is -3.09. The molecule has 0 unspecified atom stereocenters. The van der Waals surface area contributed by atoms with Gasteiger partial charge in [-0.15, -0.1) is 0 Å². The van der Waals surface area contributed by atoms with Crippen molar-refractivity contribution >= 4 is 27.9 Å². The van der Waals surface area contributed by atoms with Crippen molar-refractivity contribution in [2.45, 2.75) is 45.3 Å². The second kappa shape index (κ2) is 6.08. The second-order valence-corrected chi connectivity index (χ2v) is 9.99. The SMILES string of the molecule is CC1(C)OB(c2cc(CCS(C)(=O)=O)cn3ncc(C#N)c23)OC1(C)C. The largest absolute Gasteiger partial charge is 0.497 e. The van der Waals surface area contributed by atoms with Gasteiger partial charge in [0.05, 0.1) is 34.2 Å². The first-order chi connectivity index (χ1) is 11.9. The van der Waals surface area contributed by atoms with Crippen LogP contribution in [-0.4, -0.2) is 48.4 Å². The summed E-state index contributed by atoms with van der Waals surface area (Å²) >= 11 is 0. The number of aromatic nitrogens is 2. The van der Waals surface area contributed by atoms with Gasteiger partial charge in [0.2, 0.25) is 0 Å². The molecule has 3 rings (SSSR count). The van der Waals surface area contributed by atoms with Crippen molar-refractivity contribution in [1.29, 1.82) is 5.26 Å². The van der Waals surface area contributed by atoms with Gasteiger partial charge in [-0.1, -0.05) is 6.07 Å². The fourth-order valence-electron chi connectivity index (χ4n) is 2.88. The number of nitrogens with zero attached hydrogens (tertiary/aromatic N) is 3. The molecule has 0 N–H and O–H groups in total. The van der Waals surface area contributed by atoms with Crippen LogP contribution < -0.4 is 5.46 Å². The van der Waals surface area contributed by atoms with Gasteiger partial charge in [0.1, 0.15) is 15.9 Å². The van der Waals surface area contributed by atoms with E-state index in [4.69, 9.17) is 9.31 Å². The maximum absolute atomic E-state index is 11.5. The quantitative estimate of drug-likeness (QED) is 0.743. The van der Waals surface area contributed by atoms with E-state index in [0.717, 1.165) is 5.56 Å². The van der Waals surface area contributed by atoms with Crippen molar-refractivity contribution in [3.8, 4) is 6.07 Å². The summed E-state index contributed by atoms with van der Waals surface area (Å²) in [7, 11) is -3.75. The molecule has 1 aliphatic heterocycles. The maximum Gasteiger partial charge on any atom is 0.497 e. The number of pyridine rings is 1. The number of hydrogen-bond acceptors (Lipinski definition) is 6. The molecule has 2 aromatic heterocycles. The first kappa shape index (κ1) is 18.9. The maximum atomic E-state index is 11.5. The van der Waals surface area contributed by atoms with Crippen molar-refractivity contribution < 1.29 is 17.7 Å². The van der Waals surface area contributed by atoms with Gasteiger partial charge in [-0.3, -0.25) is 0 Å². The van der Waals surface area contributed by atoms with E-state index in [-0.39, 0.29) is 5.75 Å². The molecule has 138 valence electrons. The van der Waals surface area contributed by atoms with Gasteiger partial charge in [0.25, 0.3) is 0 Å². The third kappa shape index (κ3) is 3.37. The van der Waals surface area contributed by atoms with Gasteiger partial charge in [0.15, 0.2) is 0 Å². The average Bonchev–Trinajstić information content (AvgIpc) is 3.01.